The van der Waals surface area contributed by atoms with E-state index in [4.69, 9.17) is 0 Å². The van der Waals surface area contributed by atoms with Gasteiger partial charge < -0.3 is 0 Å². The van der Waals surface area contributed by atoms with Gasteiger partial charge in [-0.3, -0.25) is 9.13 Å². The molecule has 8 heteroatoms. The topological polar surface area (TPSA) is 81.4 Å². The first-order valence-corrected chi connectivity index (χ1v) is 12.1. The Morgan fingerprint density at radius 1 is 0.944 bits per heavy atom. The van der Waals surface area contributed by atoms with Crippen molar-refractivity contribution in [3.8, 4) is 28.2 Å². The quantitative estimate of drug-likeness (QED) is 0.330. The van der Waals surface area contributed by atoms with Gasteiger partial charge >= 0.3 is 5.69 Å². The first kappa shape index (κ1) is 23.4. The lowest BCUT2D eigenvalue weighted by Crippen LogP contribution is -2.25. The number of aryl methyl sites for hydroxylation is 2. The molecule has 0 aliphatic rings. The summed E-state index contributed by atoms with van der Waals surface area (Å²) in [7, 11) is 0. The predicted molar refractivity (Wildman–Crippen MR) is 138 cm³/mol. The summed E-state index contributed by atoms with van der Waals surface area (Å²) >= 11 is 0. The Kier molecular flexibility index (Phi) is 6.58. The number of hydrogen-bond acceptors (Lipinski definition) is 4. The fourth-order valence-corrected chi connectivity index (χ4v) is 4.61. The SMILES string of the molecule is CCCc1cn(-c2c(F)cccc2CC)c(=O)n1Cc1ccc(-c2ccccc2-c2nnn[nH]2)cc1. The Labute approximate surface area is 208 Å². The summed E-state index contributed by atoms with van der Waals surface area (Å²) < 4.78 is 18.0. The van der Waals surface area contributed by atoms with Crippen molar-refractivity contribution in [1.29, 1.82) is 0 Å². The molecule has 0 fully saturated rings. The molecular formula is C28H27FN6O. The van der Waals surface area contributed by atoms with Gasteiger partial charge in [0.25, 0.3) is 0 Å². The van der Waals surface area contributed by atoms with Gasteiger partial charge in [-0.1, -0.05) is 80.9 Å². The van der Waals surface area contributed by atoms with Crippen LogP contribution >= 0.6 is 0 Å². The molecule has 2 heterocycles. The molecule has 0 radical (unpaired) electrons. The molecule has 0 saturated heterocycles. The lowest BCUT2D eigenvalue weighted by Gasteiger charge is -2.10. The number of tetrazole rings is 1. The summed E-state index contributed by atoms with van der Waals surface area (Å²) in [6.07, 6.45) is 4.04. The lowest BCUT2D eigenvalue weighted by molar-refractivity contribution is 0.610. The second-order valence-electron chi connectivity index (χ2n) is 8.70. The maximum Gasteiger partial charge on any atom is 0.333 e. The Balaban J connectivity index is 1.50. The molecule has 0 saturated carbocycles. The van der Waals surface area contributed by atoms with Gasteiger partial charge in [-0.15, -0.1) is 5.10 Å². The summed E-state index contributed by atoms with van der Waals surface area (Å²) in [6.45, 7) is 4.44. The van der Waals surface area contributed by atoms with E-state index in [1.807, 2.05) is 61.5 Å². The summed E-state index contributed by atoms with van der Waals surface area (Å²) in [5.41, 5.74) is 5.72. The molecule has 0 aliphatic carbocycles. The van der Waals surface area contributed by atoms with Crippen LogP contribution in [0.2, 0.25) is 0 Å². The molecule has 36 heavy (non-hydrogen) atoms. The third kappa shape index (κ3) is 4.37. The first-order chi connectivity index (χ1) is 17.6. The van der Waals surface area contributed by atoms with Crippen LogP contribution in [-0.4, -0.2) is 29.8 Å². The minimum atomic E-state index is -0.387. The molecule has 3 aromatic carbocycles. The molecule has 0 aliphatic heterocycles. The van der Waals surface area contributed by atoms with Crippen LogP contribution in [-0.2, 0) is 19.4 Å². The van der Waals surface area contributed by atoms with Crippen LogP contribution in [0.5, 0.6) is 0 Å². The van der Waals surface area contributed by atoms with Crippen molar-refractivity contribution in [3.05, 3.63) is 106 Å². The van der Waals surface area contributed by atoms with E-state index in [0.29, 0.717) is 24.5 Å². The average molecular weight is 483 g/mol. The highest BCUT2D eigenvalue weighted by Crippen LogP contribution is 2.30. The zero-order chi connectivity index (χ0) is 25.1. The first-order valence-electron chi connectivity index (χ1n) is 12.1. The number of hydrogen-bond donors (Lipinski definition) is 1. The third-order valence-corrected chi connectivity index (χ3v) is 6.39. The van der Waals surface area contributed by atoms with Gasteiger partial charge in [-0.05, 0) is 51.6 Å². The van der Waals surface area contributed by atoms with E-state index in [1.165, 1.54) is 10.6 Å². The van der Waals surface area contributed by atoms with E-state index in [9.17, 15) is 9.18 Å². The Morgan fingerprint density at radius 2 is 1.72 bits per heavy atom. The highest BCUT2D eigenvalue weighted by atomic mass is 19.1. The lowest BCUT2D eigenvalue weighted by atomic mass is 9.98. The number of nitrogens with zero attached hydrogens (tertiary/aromatic N) is 5. The highest BCUT2D eigenvalue weighted by Gasteiger charge is 2.18. The fraction of sp³-hybridized carbons (Fsp3) is 0.214. The number of halogens is 1. The standard InChI is InChI=1S/C28H27FN6O/c1-3-8-22-18-35(26-20(4-2)9-7-12-25(26)29)28(36)34(22)17-19-13-15-21(16-14-19)23-10-5-6-11-24(23)27-30-32-33-31-27/h5-7,9-16,18H,3-4,8,17H2,1-2H3,(H,30,31,32,33). The minimum absolute atomic E-state index is 0.231. The molecule has 0 unspecified atom stereocenters. The zero-order valence-electron chi connectivity index (χ0n) is 20.3. The third-order valence-electron chi connectivity index (χ3n) is 6.39. The van der Waals surface area contributed by atoms with Crippen molar-refractivity contribution in [1.82, 2.24) is 29.8 Å². The van der Waals surface area contributed by atoms with E-state index >= 15 is 0 Å². The van der Waals surface area contributed by atoms with E-state index in [1.54, 1.807) is 16.8 Å². The van der Waals surface area contributed by atoms with Crippen LogP contribution in [0, 0.1) is 5.82 Å². The number of para-hydroxylation sites is 1. The maximum atomic E-state index is 14.8. The fourth-order valence-electron chi connectivity index (χ4n) is 4.61. The minimum Gasteiger partial charge on any atom is -0.292 e. The van der Waals surface area contributed by atoms with Crippen molar-refractivity contribution < 1.29 is 4.39 Å². The van der Waals surface area contributed by atoms with Crippen molar-refractivity contribution >= 4 is 0 Å². The monoisotopic (exact) mass is 482 g/mol. The van der Waals surface area contributed by atoms with Crippen molar-refractivity contribution in [3.63, 3.8) is 0 Å². The van der Waals surface area contributed by atoms with Crippen molar-refractivity contribution in [2.24, 2.45) is 0 Å². The summed E-state index contributed by atoms with van der Waals surface area (Å²) in [5, 5.41) is 14.2. The molecule has 1 N–H and O–H groups in total. The van der Waals surface area contributed by atoms with Gasteiger partial charge in [-0.25, -0.2) is 14.3 Å². The molecule has 5 aromatic rings. The maximum absolute atomic E-state index is 14.8. The smallest absolute Gasteiger partial charge is 0.292 e. The largest absolute Gasteiger partial charge is 0.333 e. The predicted octanol–water partition coefficient (Wildman–Crippen LogP) is 5.19. The normalized spacial score (nSPS) is 11.2. The molecule has 2 aromatic heterocycles. The van der Waals surface area contributed by atoms with Crippen LogP contribution < -0.4 is 5.69 Å². The second-order valence-corrected chi connectivity index (χ2v) is 8.70. The Bertz CT molecular complexity index is 1530. The molecular weight excluding hydrogens is 455 g/mol. The Morgan fingerprint density at radius 3 is 2.42 bits per heavy atom. The molecule has 7 nitrogen and oxygen atoms in total. The Hall–Kier alpha value is -4.33. The molecule has 0 amide bonds. The summed E-state index contributed by atoms with van der Waals surface area (Å²) in [4.78, 5) is 13.5. The number of rotatable bonds is 8. The van der Waals surface area contributed by atoms with Crippen LogP contribution in [0.15, 0.2) is 77.7 Å². The summed E-state index contributed by atoms with van der Waals surface area (Å²) in [5.74, 6) is 0.216. The number of nitrogens with one attached hydrogen (secondary N) is 1. The molecule has 0 bridgehead atoms. The number of aromatic nitrogens is 6. The van der Waals surface area contributed by atoms with Gasteiger partial charge in [0.1, 0.15) is 5.82 Å². The average Bonchev–Trinajstić information content (AvgIpc) is 3.54. The number of imidazole rings is 1. The number of H-pyrrole nitrogens is 1. The highest BCUT2D eigenvalue weighted by molar-refractivity contribution is 5.80. The van der Waals surface area contributed by atoms with Gasteiger partial charge in [0.15, 0.2) is 5.82 Å². The van der Waals surface area contributed by atoms with Crippen molar-refractivity contribution in [2.75, 3.05) is 0 Å². The molecule has 182 valence electrons. The molecule has 0 spiro atoms. The van der Waals surface area contributed by atoms with Gasteiger partial charge in [-0.2, -0.15) is 0 Å². The second kappa shape index (κ2) is 10.1. The van der Waals surface area contributed by atoms with E-state index in [2.05, 4.69) is 27.5 Å². The van der Waals surface area contributed by atoms with Crippen LogP contribution in [0.3, 0.4) is 0 Å². The van der Waals surface area contributed by atoms with Gasteiger partial charge in [0.2, 0.25) is 0 Å². The van der Waals surface area contributed by atoms with Gasteiger partial charge in [0.05, 0.1) is 12.2 Å². The number of aromatic amines is 1. The molecule has 5 rings (SSSR count). The van der Waals surface area contributed by atoms with Crippen molar-refractivity contribution in [2.45, 2.75) is 39.7 Å². The molecule has 0 atom stereocenters. The van der Waals surface area contributed by atoms with Gasteiger partial charge in [0, 0.05) is 17.5 Å². The van der Waals surface area contributed by atoms with E-state index < -0.39 is 0 Å². The van der Waals surface area contributed by atoms with Crippen LogP contribution in [0.25, 0.3) is 28.2 Å². The van der Waals surface area contributed by atoms with E-state index in [-0.39, 0.29) is 11.5 Å². The van der Waals surface area contributed by atoms with E-state index in [0.717, 1.165) is 46.4 Å². The number of benzene rings is 3. The summed E-state index contributed by atoms with van der Waals surface area (Å²) in [6, 6.07) is 21.0. The van der Waals surface area contributed by atoms with Crippen LogP contribution in [0.4, 0.5) is 4.39 Å². The van der Waals surface area contributed by atoms with Crippen LogP contribution in [0.1, 0.15) is 37.1 Å². The zero-order valence-corrected chi connectivity index (χ0v) is 20.3.